The van der Waals surface area contributed by atoms with Gasteiger partial charge in [0.05, 0.1) is 18.3 Å². The Balaban J connectivity index is 1.69. The molecule has 2 heterocycles. The van der Waals surface area contributed by atoms with Crippen LogP contribution in [0.2, 0.25) is 0 Å². The minimum absolute atomic E-state index is 0.595. The predicted octanol–water partition coefficient (Wildman–Crippen LogP) is 2.85. The first-order valence-corrected chi connectivity index (χ1v) is 6.63. The number of nitrogens with zero attached hydrogens (tertiary/aromatic N) is 2. The Hall–Kier alpha value is -2.49. The van der Waals surface area contributed by atoms with E-state index in [1.54, 1.807) is 0 Å². The summed E-state index contributed by atoms with van der Waals surface area (Å²) >= 11 is 0. The maximum Gasteiger partial charge on any atom is 0.119 e. The van der Waals surface area contributed by atoms with Crippen LogP contribution in [0, 0.1) is 6.92 Å². The molecule has 20 heavy (non-hydrogen) atoms. The number of aryl methyl sites for hydroxylation is 1. The van der Waals surface area contributed by atoms with Crippen LogP contribution in [0.1, 0.15) is 11.4 Å². The maximum absolute atomic E-state index is 5.81. The molecule has 0 fully saturated rings. The highest BCUT2D eigenvalue weighted by atomic mass is 16.5. The van der Waals surface area contributed by atoms with Crippen molar-refractivity contribution in [2.75, 3.05) is 12.3 Å². The molecule has 0 aliphatic rings. The van der Waals surface area contributed by atoms with E-state index in [2.05, 4.69) is 18.0 Å². The Labute approximate surface area is 117 Å². The number of hydrogen-bond donors (Lipinski definition) is 1. The van der Waals surface area contributed by atoms with E-state index in [-0.39, 0.29) is 0 Å². The van der Waals surface area contributed by atoms with Crippen molar-refractivity contribution < 1.29 is 4.74 Å². The van der Waals surface area contributed by atoms with E-state index < -0.39 is 0 Å². The van der Waals surface area contributed by atoms with E-state index in [1.807, 2.05) is 47.1 Å². The summed E-state index contributed by atoms with van der Waals surface area (Å²) in [5, 5.41) is 0. The van der Waals surface area contributed by atoms with Gasteiger partial charge in [-0.25, -0.2) is 4.98 Å². The minimum Gasteiger partial charge on any atom is -0.493 e. The molecule has 1 aromatic carbocycles. The molecule has 0 unspecified atom stereocenters. The summed E-state index contributed by atoms with van der Waals surface area (Å²) in [7, 11) is 0. The van der Waals surface area contributed by atoms with E-state index in [0.717, 1.165) is 29.2 Å². The number of anilines is 1. The van der Waals surface area contributed by atoms with Gasteiger partial charge in [-0.05, 0) is 36.8 Å². The molecule has 0 saturated heterocycles. The van der Waals surface area contributed by atoms with Crippen molar-refractivity contribution in [1.82, 2.24) is 9.38 Å². The second kappa shape index (κ2) is 5.25. The van der Waals surface area contributed by atoms with Crippen LogP contribution in [0.4, 0.5) is 5.69 Å². The third-order valence-corrected chi connectivity index (χ3v) is 3.21. The van der Waals surface area contributed by atoms with Gasteiger partial charge in [0.2, 0.25) is 0 Å². The van der Waals surface area contributed by atoms with Crippen molar-refractivity contribution in [2.45, 2.75) is 13.3 Å². The third kappa shape index (κ3) is 2.59. The number of nitrogens with two attached hydrogens (primary N) is 1. The van der Waals surface area contributed by atoms with Gasteiger partial charge >= 0.3 is 0 Å². The molecular formula is C16H17N3O. The Morgan fingerprint density at radius 1 is 1.25 bits per heavy atom. The lowest BCUT2D eigenvalue weighted by Gasteiger charge is -2.07. The van der Waals surface area contributed by atoms with E-state index in [9.17, 15) is 0 Å². The molecule has 0 amide bonds. The Morgan fingerprint density at radius 2 is 2.15 bits per heavy atom. The highest BCUT2D eigenvalue weighted by molar-refractivity contribution is 5.52. The van der Waals surface area contributed by atoms with Crippen molar-refractivity contribution >= 4 is 11.2 Å². The second-order valence-electron chi connectivity index (χ2n) is 4.85. The zero-order chi connectivity index (χ0) is 13.9. The number of nitrogen functional groups attached to an aromatic ring is 1. The number of aromatic nitrogens is 2. The first-order chi connectivity index (χ1) is 9.72. The standard InChI is InChI=1S/C16H17N3O/c1-12-3-2-4-15(9-12)20-8-7-16-18-10-14-6-5-13(17)11-19(14)16/h2-6,9-11H,7-8,17H2,1H3. The molecule has 3 rings (SSSR count). The van der Waals surface area contributed by atoms with Gasteiger partial charge in [-0.15, -0.1) is 0 Å². The van der Waals surface area contributed by atoms with Gasteiger partial charge in [0, 0.05) is 18.3 Å². The normalized spacial score (nSPS) is 10.8. The second-order valence-corrected chi connectivity index (χ2v) is 4.85. The zero-order valence-corrected chi connectivity index (χ0v) is 11.4. The summed E-state index contributed by atoms with van der Waals surface area (Å²) in [6.45, 7) is 2.65. The molecule has 4 nitrogen and oxygen atoms in total. The maximum atomic E-state index is 5.81. The molecule has 0 aliphatic heterocycles. The highest BCUT2D eigenvalue weighted by Gasteiger charge is 2.04. The van der Waals surface area contributed by atoms with Gasteiger partial charge in [-0.1, -0.05) is 12.1 Å². The first kappa shape index (κ1) is 12.5. The van der Waals surface area contributed by atoms with Gasteiger partial charge in [0.15, 0.2) is 0 Å². The minimum atomic E-state index is 0.595. The average Bonchev–Trinajstić information content (AvgIpc) is 2.82. The molecule has 0 bridgehead atoms. The highest BCUT2D eigenvalue weighted by Crippen LogP contribution is 2.14. The summed E-state index contributed by atoms with van der Waals surface area (Å²) in [5.74, 6) is 1.85. The predicted molar refractivity (Wildman–Crippen MR) is 80.0 cm³/mol. The average molecular weight is 267 g/mol. The molecule has 0 saturated carbocycles. The van der Waals surface area contributed by atoms with Crippen LogP contribution < -0.4 is 10.5 Å². The molecule has 4 heteroatoms. The number of hydrogen-bond acceptors (Lipinski definition) is 3. The molecule has 0 spiro atoms. The van der Waals surface area contributed by atoms with E-state index in [1.165, 1.54) is 5.56 Å². The zero-order valence-electron chi connectivity index (χ0n) is 11.4. The van der Waals surface area contributed by atoms with Crippen LogP contribution in [-0.2, 0) is 6.42 Å². The van der Waals surface area contributed by atoms with E-state index in [0.29, 0.717) is 6.61 Å². The SMILES string of the molecule is Cc1cccc(OCCc2ncc3ccc(N)cn23)c1. The van der Waals surface area contributed by atoms with E-state index in [4.69, 9.17) is 10.5 Å². The van der Waals surface area contributed by atoms with Crippen LogP contribution in [0.5, 0.6) is 5.75 Å². The number of ether oxygens (including phenoxy) is 1. The first-order valence-electron chi connectivity index (χ1n) is 6.63. The molecule has 0 atom stereocenters. The lowest BCUT2D eigenvalue weighted by molar-refractivity contribution is 0.318. The summed E-state index contributed by atoms with van der Waals surface area (Å²) < 4.78 is 7.76. The largest absolute Gasteiger partial charge is 0.493 e. The van der Waals surface area contributed by atoms with Crippen LogP contribution in [0.25, 0.3) is 5.52 Å². The Bertz CT molecular complexity index is 733. The Kier molecular flexibility index (Phi) is 3.29. The number of benzene rings is 1. The van der Waals surface area contributed by atoms with Gasteiger partial charge in [-0.3, -0.25) is 0 Å². The molecule has 2 N–H and O–H groups in total. The summed E-state index contributed by atoms with van der Waals surface area (Å²) in [4.78, 5) is 4.41. The van der Waals surface area contributed by atoms with Gasteiger partial charge in [0.25, 0.3) is 0 Å². The monoisotopic (exact) mass is 267 g/mol. The van der Waals surface area contributed by atoms with Crippen molar-refractivity contribution in [3.05, 3.63) is 60.2 Å². The van der Waals surface area contributed by atoms with Gasteiger partial charge in [0.1, 0.15) is 11.6 Å². The quantitative estimate of drug-likeness (QED) is 0.790. The smallest absolute Gasteiger partial charge is 0.119 e. The Morgan fingerprint density at radius 3 is 3.00 bits per heavy atom. The van der Waals surface area contributed by atoms with Gasteiger partial charge < -0.3 is 14.9 Å². The number of pyridine rings is 1. The molecule has 2 aromatic heterocycles. The fraction of sp³-hybridized carbons (Fsp3) is 0.188. The third-order valence-electron chi connectivity index (χ3n) is 3.21. The summed E-state index contributed by atoms with van der Waals surface area (Å²) in [6.07, 6.45) is 4.48. The van der Waals surface area contributed by atoms with Crippen molar-refractivity contribution in [3.63, 3.8) is 0 Å². The van der Waals surface area contributed by atoms with Crippen LogP contribution in [-0.4, -0.2) is 16.0 Å². The number of imidazole rings is 1. The lowest BCUT2D eigenvalue weighted by atomic mass is 10.2. The fourth-order valence-corrected chi connectivity index (χ4v) is 2.21. The lowest BCUT2D eigenvalue weighted by Crippen LogP contribution is -2.05. The molecule has 102 valence electrons. The van der Waals surface area contributed by atoms with E-state index >= 15 is 0 Å². The van der Waals surface area contributed by atoms with Crippen LogP contribution in [0.15, 0.2) is 48.8 Å². The molecular weight excluding hydrogens is 250 g/mol. The van der Waals surface area contributed by atoms with Crippen LogP contribution in [0.3, 0.4) is 0 Å². The van der Waals surface area contributed by atoms with Gasteiger partial charge in [-0.2, -0.15) is 0 Å². The van der Waals surface area contributed by atoms with Crippen molar-refractivity contribution in [1.29, 1.82) is 0 Å². The number of fused-ring (bicyclic) bond motifs is 1. The number of rotatable bonds is 4. The summed E-state index contributed by atoms with van der Waals surface area (Å²) in [5.41, 5.74) is 8.78. The fourth-order valence-electron chi connectivity index (χ4n) is 2.21. The summed E-state index contributed by atoms with van der Waals surface area (Å²) in [6, 6.07) is 11.9. The molecule has 3 aromatic rings. The molecule has 0 aliphatic carbocycles. The molecule has 0 radical (unpaired) electrons. The topological polar surface area (TPSA) is 52.5 Å². The van der Waals surface area contributed by atoms with Crippen LogP contribution >= 0.6 is 0 Å². The van der Waals surface area contributed by atoms with Crippen molar-refractivity contribution in [2.24, 2.45) is 0 Å². The van der Waals surface area contributed by atoms with Crippen molar-refractivity contribution in [3.8, 4) is 5.75 Å².